The second-order valence-corrected chi connectivity index (χ2v) is 21.4. The van der Waals surface area contributed by atoms with Gasteiger partial charge in [-0.05, 0) is 96.3 Å². The van der Waals surface area contributed by atoms with Crippen molar-refractivity contribution in [2.75, 3.05) is 19.8 Å². The van der Waals surface area contributed by atoms with Crippen LogP contribution in [0.15, 0.2) is 42.2 Å². The molecule has 9 heteroatoms. The number of aliphatic carboxylic acids is 1. The largest absolute Gasteiger partial charge is 0.481 e. The fourth-order valence-corrected chi connectivity index (χ4v) is 13.1. The number of fused-ring (bicyclic) bond motifs is 3. The molecule has 2 aromatic rings. The Morgan fingerprint density at radius 2 is 1.73 bits per heavy atom. The van der Waals surface area contributed by atoms with E-state index in [-0.39, 0.29) is 50.6 Å². The standard InChI is InChI=1S/C46H71N5O4/c1-28(2)29(3)41(7)20-21-43(9)32-16-17-35-42(8)24-54-26-46(35,33(32)18-19-44(43,10)36(41)39(52)53)22-34(37(42)55-25-45(11,48)40(4,5)6)51-38(49-27-50-51)31-14-12-30(23-47)13-15-31/h12-15,18,27-29,32,34-37H,16-17,19-26,47-48H2,1-11H3,(H,52,53)/t29-,32+,34?,35+,36-,37+,41-,42?,43-,44+,45+,46+/m1/s1. The second-order valence-electron chi connectivity index (χ2n) is 21.4. The molecule has 55 heavy (non-hydrogen) atoms. The molecule has 4 fully saturated rings. The number of hydrogen-bond acceptors (Lipinski definition) is 7. The molecule has 0 radical (unpaired) electrons. The Bertz CT molecular complexity index is 1800. The van der Waals surface area contributed by atoms with Gasteiger partial charge in [-0.2, -0.15) is 5.10 Å². The van der Waals surface area contributed by atoms with Crippen LogP contribution in [0.4, 0.5) is 0 Å². The first-order valence-electron chi connectivity index (χ1n) is 21.2. The zero-order valence-electron chi connectivity index (χ0n) is 35.7. The molecule has 5 N–H and O–H groups in total. The molecule has 1 aliphatic heterocycles. The Labute approximate surface area is 330 Å². The van der Waals surface area contributed by atoms with E-state index in [1.165, 1.54) is 5.57 Å². The summed E-state index contributed by atoms with van der Waals surface area (Å²) in [5.74, 6) is 1.10. The minimum atomic E-state index is -0.626. The monoisotopic (exact) mass is 758 g/mol. The first-order chi connectivity index (χ1) is 25.6. The van der Waals surface area contributed by atoms with Crippen molar-refractivity contribution in [2.24, 2.45) is 73.5 Å². The highest BCUT2D eigenvalue weighted by atomic mass is 16.5. The van der Waals surface area contributed by atoms with E-state index in [9.17, 15) is 9.90 Å². The Balaban J connectivity index is 1.35. The lowest BCUT2D eigenvalue weighted by molar-refractivity contribution is -0.253. The zero-order chi connectivity index (χ0) is 40.1. The number of carboxylic acids is 1. The van der Waals surface area contributed by atoms with Crippen LogP contribution in [0.2, 0.25) is 0 Å². The smallest absolute Gasteiger partial charge is 0.307 e. The van der Waals surface area contributed by atoms with Gasteiger partial charge in [0.05, 0.1) is 37.9 Å². The minimum Gasteiger partial charge on any atom is -0.481 e. The molecular formula is C46H71N5O4. The summed E-state index contributed by atoms with van der Waals surface area (Å²) in [6.45, 7) is 27.1. The third-order valence-corrected chi connectivity index (χ3v) is 17.7. The van der Waals surface area contributed by atoms with Crippen molar-refractivity contribution >= 4 is 5.97 Å². The summed E-state index contributed by atoms with van der Waals surface area (Å²) < 4.78 is 16.2. The van der Waals surface area contributed by atoms with Crippen LogP contribution in [0.3, 0.4) is 0 Å². The molecule has 0 spiro atoms. The average molecular weight is 758 g/mol. The van der Waals surface area contributed by atoms with Crippen LogP contribution in [0.25, 0.3) is 11.4 Å². The van der Waals surface area contributed by atoms with Crippen molar-refractivity contribution in [2.45, 2.75) is 139 Å². The SMILES string of the molecule is CC(C)[C@@H](C)[C@@]1(C)CC[C@]2(C)[C@H]3CC[C@H]4C5(C)COC[C@@]4(CC(n4ncnc4-c4ccc(CN)cc4)[C@@H]5OC[C@](C)(N)C(C)(C)C)C3=CC[C@@]2(C)[C@@H]1C(=O)O. The summed E-state index contributed by atoms with van der Waals surface area (Å²) in [7, 11) is 0. The maximum atomic E-state index is 13.6. The molecule has 304 valence electrons. The van der Waals surface area contributed by atoms with Gasteiger partial charge in [-0.3, -0.25) is 4.79 Å². The molecule has 5 aliphatic rings. The van der Waals surface area contributed by atoms with Crippen molar-refractivity contribution in [1.29, 1.82) is 0 Å². The molecule has 2 heterocycles. The minimum absolute atomic E-state index is 0.123. The van der Waals surface area contributed by atoms with Crippen molar-refractivity contribution in [3.63, 3.8) is 0 Å². The van der Waals surface area contributed by atoms with Gasteiger partial charge in [-0.15, -0.1) is 0 Å². The van der Waals surface area contributed by atoms with Crippen molar-refractivity contribution in [1.82, 2.24) is 14.8 Å². The fraction of sp³-hybridized carbons (Fsp3) is 0.761. The summed E-state index contributed by atoms with van der Waals surface area (Å²) in [5.41, 5.74) is 14.5. The number of rotatable bonds is 9. The molecule has 2 unspecified atom stereocenters. The Kier molecular flexibility index (Phi) is 9.96. The highest BCUT2D eigenvalue weighted by Crippen LogP contribution is 2.75. The van der Waals surface area contributed by atoms with Gasteiger partial charge >= 0.3 is 5.97 Å². The number of benzene rings is 1. The summed E-state index contributed by atoms with van der Waals surface area (Å²) in [6.07, 6.45) is 9.64. The average Bonchev–Trinajstić information content (AvgIpc) is 3.60. The molecule has 1 aromatic heterocycles. The Morgan fingerprint density at radius 1 is 1.04 bits per heavy atom. The number of nitrogens with two attached hydrogens (primary N) is 2. The lowest BCUT2D eigenvalue weighted by Gasteiger charge is -2.71. The van der Waals surface area contributed by atoms with E-state index in [0.29, 0.717) is 44.1 Å². The van der Waals surface area contributed by atoms with Gasteiger partial charge in [-0.25, -0.2) is 9.67 Å². The molecule has 12 atom stereocenters. The van der Waals surface area contributed by atoms with Gasteiger partial charge in [0, 0.05) is 28.5 Å². The molecule has 0 amide bonds. The number of aromatic nitrogens is 3. The third kappa shape index (κ3) is 5.86. The lowest BCUT2D eigenvalue weighted by Crippen LogP contribution is -2.69. The lowest BCUT2D eigenvalue weighted by atomic mass is 9.34. The number of carboxylic acid groups (broad SMARTS) is 1. The van der Waals surface area contributed by atoms with Crippen LogP contribution in [-0.4, -0.2) is 57.3 Å². The van der Waals surface area contributed by atoms with Gasteiger partial charge < -0.3 is 26.0 Å². The van der Waals surface area contributed by atoms with Crippen LogP contribution < -0.4 is 11.5 Å². The third-order valence-electron chi connectivity index (χ3n) is 17.7. The van der Waals surface area contributed by atoms with E-state index in [4.69, 9.17) is 31.0 Å². The molecular weight excluding hydrogens is 687 g/mol. The van der Waals surface area contributed by atoms with E-state index in [1.54, 1.807) is 6.33 Å². The predicted molar refractivity (Wildman–Crippen MR) is 218 cm³/mol. The number of hydrogen-bond donors (Lipinski definition) is 3. The molecule has 7 rings (SSSR count). The maximum absolute atomic E-state index is 13.6. The first-order valence-corrected chi connectivity index (χ1v) is 21.2. The first kappa shape index (κ1) is 40.6. The van der Waals surface area contributed by atoms with Crippen LogP contribution in [0.1, 0.15) is 126 Å². The van der Waals surface area contributed by atoms with Gasteiger partial charge in [-0.1, -0.05) is 105 Å². The molecule has 2 bridgehead atoms. The number of carbonyl (C=O) groups is 1. The molecule has 1 aromatic carbocycles. The highest BCUT2D eigenvalue weighted by Gasteiger charge is 2.72. The van der Waals surface area contributed by atoms with Crippen molar-refractivity contribution < 1.29 is 19.4 Å². The molecule has 1 saturated heterocycles. The Hall–Kier alpha value is -2.59. The maximum Gasteiger partial charge on any atom is 0.307 e. The van der Waals surface area contributed by atoms with Gasteiger partial charge in [0.15, 0.2) is 5.82 Å². The number of allylic oxidation sites excluding steroid dienone is 1. The number of ether oxygens (including phenoxy) is 2. The van der Waals surface area contributed by atoms with Gasteiger partial charge in [0.2, 0.25) is 0 Å². The quantitative estimate of drug-likeness (QED) is 0.216. The van der Waals surface area contributed by atoms with E-state index in [2.05, 4.69) is 111 Å². The Morgan fingerprint density at radius 3 is 2.35 bits per heavy atom. The molecule has 3 saturated carbocycles. The van der Waals surface area contributed by atoms with Gasteiger partial charge in [0.25, 0.3) is 0 Å². The topological polar surface area (TPSA) is 139 Å². The predicted octanol–water partition coefficient (Wildman–Crippen LogP) is 8.68. The van der Waals surface area contributed by atoms with E-state index < -0.39 is 17.4 Å². The second kappa shape index (κ2) is 13.5. The van der Waals surface area contributed by atoms with Crippen molar-refractivity contribution in [3.05, 3.63) is 47.8 Å². The van der Waals surface area contributed by atoms with Crippen LogP contribution in [0.5, 0.6) is 0 Å². The summed E-state index contributed by atoms with van der Waals surface area (Å²) in [6, 6.07) is 8.22. The molecule has 4 aliphatic carbocycles. The summed E-state index contributed by atoms with van der Waals surface area (Å²) in [4.78, 5) is 18.5. The summed E-state index contributed by atoms with van der Waals surface area (Å²) in [5, 5.41) is 16.2. The van der Waals surface area contributed by atoms with E-state index >= 15 is 0 Å². The number of nitrogens with zero attached hydrogens (tertiary/aromatic N) is 3. The summed E-state index contributed by atoms with van der Waals surface area (Å²) >= 11 is 0. The van der Waals surface area contributed by atoms with Crippen LogP contribution in [-0.2, 0) is 20.8 Å². The fourth-order valence-electron chi connectivity index (χ4n) is 13.1. The van der Waals surface area contributed by atoms with E-state index in [1.807, 2.05) is 0 Å². The van der Waals surface area contributed by atoms with Crippen LogP contribution in [0, 0.1) is 62.1 Å². The van der Waals surface area contributed by atoms with E-state index in [0.717, 1.165) is 55.5 Å². The molecule has 9 nitrogen and oxygen atoms in total. The van der Waals surface area contributed by atoms with Gasteiger partial charge in [0.1, 0.15) is 6.33 Å². The highest BCUT2D eigenvalue weighted by molar-refractivity contribution is 5.73. The van der Waals surface area contributed by atoms with Crippen LogP contribution >= 0.6 is 0 Å². The zero-order valence-corrected chi connectivity index (χ0v) is 35.7. The normalized spacial score (nSPS) is 40.3. The van der Waals surface area contributed by atoms with Crippen molar-refractivity contribution in [3.8, 4) is 11.4 Å².